The van der Waals surface area contributed by atoms with E-state index in [2.05, 4.69) is 23.6 Å². The van der Waals surface area contributed by atoms with E-state index in [1.807, 2.05) is 37.7 Å². The Hall–Kier alpha value is -1.16. The summed E-state index contributed by atoms with van der Waals surface area (Å²) in [6.07, 6.45) is 1.66. The van der Waals surface area contributed by atoms with E-state index in [1.165, 1.54) is 11.5 Å². The van der Waals surface area contributed by atoms with E-state index >= 15 is 0 Å². The van der Waals surface area contributed by atoms with E-state index in [-0.39, 0.29) is 5.91 Å². The summed E-state index contributed by atoms with van der Waals surface area (Å²) in [6.45, 7) is 7.05. The average molecular weight is 280 g/mol. The molecule has 1 aromatic carbocycles. The molecule has 2 N–H and O–H groups in total. The monoisotopic (exact) mass is 280 g/mol. The molecule has 19 heavy (non-hydrogen) atoms. The van der Waals surface area contributed by atoms with E-state index < -0.39 is 0 Å². The molecule has 0 fully saturated rings. The van der Waals surface area contributed by atoms with Gasteiger partial charge in [-0.25, -0.2) is 0 Å². The summed E-state index contributed by atoms with van der Waals surface area (Å²) in [5.74, 6) is 2.42. The first-order valence-electron chi connectivity index (χ1n) is 6.90. The molecule has 0 spiro atoms. The molecular weight excluding hydrogens is 256 g/mol. The van der Waals surface area contributed by atoms with Gasteiger partial charge in [0.1, 0.15) is 0 Å². The van der Waals surface area contributed by atoms with Crippen LogP contribution in [-0.2, 0) is 4.79 Å². The lowest BCUT2D eigenvalue weighted by molar-refractivity contribution is -0.115. The smallest absolute Gasteiger partial charge is 0.224 e. The summed E-state index contributed by atoms with van der Waals surface area (Å²) < 4.78 is 0. The fraction of sp³-hybridized carbons (Fsp3) is 0.533. The number of carbonyl (C=O) groups is 1. The van der Waals surface area contributed by atoms with Gasteiger partial charge in [0.25, 0.3) is 0 Å². The zero-order chi connectivity index (χ0) is 14.1. The van der Waals surface area contributed by atoms with Crippen molar-refractivity contribution in [3.8, 4) is 0 Å². The van der Waals surface area contributed by atoms with Crippen LogP contribution < -0.4 is 10.6 Å². The van der Waals surface area contributed by atoms with Gasteiger partial charge in [0, 0.05) is 24.3 Å². The molecule has 0 aromatic heterocycles. The molecule has 0 radical (unpaired) electrons. The van der Waals surface area contributed by atoms with Gasteiger partial charge < -0.3 is 10.6 Å². The maximum atomic E-state index is 11.4. The molecular formula is C15H24N2OS. The van der Waals surface area contributed by atoms with Crippen LogP contribution >= 0.6 is 11.8 Å². The SMILES string of the molecule is CCSCCCNc1cccc(NC(=O)CC)c1C. The highest BCUT2D eigenvalue weighted by molar-refractivity contribution is 7.99. The highest BCUT2D eigenvalue weighted by Crippen LogP contribution is 2.23. The minimum Gasteiger partial charge on any atom is -0.385 e. The second-order valence-electron chi connectivity index (χ2n) is 4.36. The largest absolute Gasteiger partial charge is 0.385 e. The molecule has 106 valence electrons. The Morgan fingerprint density at radius 3 is 2.68 bits per heavy atom. The van der Waals surface area contributed by atoms with Gasteiger partial charge in [0.05, 0.1) is 0 Å². The standard InChI is InChI=1S/C15H24N2OS/c1-4-15(18)17-14-9-6-8-13(12(14)3)16-10-7-11-19-5-2/h6,8-9,16H,4-5,7,10-11H2,1-3H3,(H,17,18). The van der Waals surface area contributed by atoms with Gasteiger partial charge in [-0.3, -0.25) is 4.79 Å². The Morgan fingerprint density at radius 1 is 1.26 bits per heavy atom. The third-order valence-corrected chi connectivity index (χ3v) is 3.90. The van der Waals surface area contributed by atoms with E-state index in [0.717, 1.165) is 29.9 Å². The van der Waals surface area contributed by atoms with Crippen LogP contribution in [-0.4, -0.2) is 24.0 Å². The van der Waals surface area contributed by atoms with Crippen molar-refractivity contribution in [3.63, 3.8) is 0 Å². The lowest BCUT2D eigenvalue weighted by Gasteiger charge is -2.13. The summed E-state index contributed by atoms with van der Waals surface area (Å²) >= 11 is 1.96. The molecule has 3 nitrogen and oxygen atoms in total. The number of rotatable bonds is 8. The number of nitrogens with one attached hydrogen (secondary N) is 2. The molecule has 0 unspecified atom stereocenters. The van der Waals surface area contributed by atoms with Crippen molar-refractivity contribution in [2.75, 3.05) is 28.7 Å². The Balaban J connectivity index is 2.54. The number of thioether (sulfide) groups is 1. The second kappa shape index (κ2) is 8.86. The lowest BCUT2D eigenvalue weighted by Crippen LogP contribution is -2.12. The second-order valence-corrected chi connectivity index (χ2v) is 5.75. The molecule has 1 aromatic rings. The van der Waals surface area contributed by atoms with Crippen molar-refractivity contribution in [1.29, 1.82) is 0 Å². The van der Waals surface area contributed by atoms with Gasteiger partial charge in [0.15, 0.2) is 0 Å². The Bertz CT molecular complexity index is 407. The first-order valence-corrected chi connectivity index (χ1v) is 8.05. The van der Waals surface area contributed by atoms with Gasteiger partial charge in [-0.05, 0) is 42.5 Å². The van der Waals surface area contributed by atoms with Crippen molar-refractivity contribution in [2.24, 2.45) is 0 Å². The first kappa shape index (κ1) is 15.9. The quantitative estimate of drug-likeness (QED) is 0.710. The topological polar surface area (TPSA) is 41.1 Å². The Morgan fingerprint density at radius 2 is 2.00 bits per heavy atom. The lowest BCUT2D eigenvalue weighted by atomic mass is 10.1. The van der Waals surface area contributed by atoms with Gasteiger partial charge in [-0.15, -0.1) is 0 Å². The minimum absolute atomic E-state index is 0.0552. The summed E-state index contributed by atoms with van der Waals surface area (Å²) in [4.78, 5) is 11.4. The molecule has 0 saturated carbocycles. The number of carbonyl (C=O) groups excluding carboxylic acids is 1. The van der Waals surface area contributed by atoms with Crippen molar-refractivity contribution in [3.05, 3.63) is 23.8 Å². The molecule has 1 rings (SSSR count). The first-order chi connectivity index (χ1) is 9.19. The fourth-order valence-corrected chi connectivity index (χ4v) is 2.38. The van der Waals surface area contributed by atoms with Crippen LogP contribution in [0.2, 0.25) is 0 Å². The summed E-state index contributed by atoms with van der Waals surface area (Å²) in [6, 6.07) is 5.98. The molecule has 0 saturated heterocycles. The van der Waals surface area contributed by atoms with Crippen LogP contribution in [0.5, 0.6) is 0 Å². The van der Waals surface area contributed by atoms with E-state index in [9.17, 15) is 4.79 Å². The maximum Gasteiger partial charge on any atom is 0.224 e. The number of amides is 1. The third kappa shape index (κ3) is 5.55. The van der Waals surface area contributed by atoms with Crippen LogP contribution in [0.1, 0.15) is 32.3 Å². The zero-order valence-electron chi connectivity index (χ0n) is 12.1. The average Bonchev–Trinajstić information content (AvgIpc) is 2.42. The molecule has 1 amide bonds. The van der Waals surface area contributed by atoms with Crippen LogP contribution in [0.25, 0.3) is 0 Å². The van der Waals surface area contributed by atoms with Crippen LogP contribution in [0.4, 0.5) is 11.4 Å². The van der Waals surface area contributed by atoms with Gasteiger partial charge in [0.2, 0.25) is 5.91 Å². The van der Waals surface area contributed by atoms with E-state index in [1.54, 1.807) is 0 Å². The zero-order valence-corrected chi connectivity index (χ0v) is 12.9. The normalized spacial score (nSPS) is 10.3. The molecule has 0 bridgehead atoms. The predicted molar refractivity (Wildman–Crippen MR) is 86.2 cm³/mol. The van der Waals surface area contributed by atoms with E-state index in [0.29, 0.717) is 6.42 Å². The van der Waals surface area contributed by atoms with Crippen LogP contribution in [0.15, 0.2) is 18.2 Å². The number of hydrogen-bond acceptors (Lipinski definition) is 3. The van der Waals surface area contributed by atoms with Crippen molar-refractivity contribution in [1.82, 2.24) is 0 Å². The van der Waals surface area contributed by atoms with Gasteiger partial charge >= 0.3 is 0 Å². The van der Waals surface area contributed by atoms with Gasteiger partial charge in [-0.2, -0.15) is 11.8 Å². The molecule has 0 aliphatic heterocycles. The van der Waals surface area contributed by atoms with Crippen molar-refractivity contribution in [2.45, 2.75) is 33.6 Å². The molecule has 4 heteroatoms. The predicted octanol–water partition coefficient (Wildman–Crippen LogP) is 3.90. The number of anilines is 2. The summed E-state index contributed by atoms with van der Waals surface area (Å²) in [5.41, 5.74) is 3.11. The maximum absolute atomic E-state index is 11.4. The summed E-state index contributed by atoms with van der Waals surface area (Å²) in [7, 11) is 0. The van der Waals surface area contributed by atoms with Gasteiger partial charge in [-0.1, -0.05) is 19.9 Å². The molecule has 0 aliphatic carbocycles. The Kier molecular flexibility index (Phi) is 7.41. The van der Waals surface area contributed by atoms with Crippen LogP contribution in [0, 0.1) is 6.92 Å². The fourth-order valence-electron chi connectivity index (χ4n) is 1.74. The highest BCUT2D eigenvalue weighted by atomic mass is 32.2. The highest BCUT2D eigenvalue weighted by Gasteiger charge is 2.05. The van der Waals surface area contributed by atoms with Crippen molar-refractivity contribution < 1.29 is 4.79 Å². The molecule has 0 aliphatic rings. The minimum atomic E-state index is 0.0552. The van der Waals surface area contributed by atoms with E-state index in [4.69, 9.17) is 0 Å². The number of benzene rings is 1. The molecule has 0 atom stereocenters. The Labute approximate surface area is 120 Å². The van der Waals surface area contributed by atoms with Crippen molar-refractivity contribution >= 4 is 29.0 Å². The van der Waals surface area contributed by atoms with Crippen LogP contribution in [0.3, 0.4) is 0 Å². The summed E-state index contributed by atoms with van der Waals surface area (Å²) in [5, 5.41) is 6.37. The molecule has 0 heterocycles. The number of hydrogen-bond donors (Lipinski definition) is 2. The third-order valence-electron chi connectivity index (χ3n) is 2.91.